The molecule has 4 nitrogen and oxygen atoms in total. The lowest BCUT2D eigenvalue weighted by Gasteiger charge is -2.09. The van der Waals surface area contributed by atoms with E-state index in [4.69, 9.17) is 0 Å². The van der Waals surface area contributed by atoms with E-state index in [0.29, 0.717) is 11.9 Å². The van der Waals surface area contributed by atoms with E-state index in [0.717, 1.165) is 22.1 Å². The average Bonchev–Trinajstić information content (AvgIpc) is 3.10. The van der Waals surface area contributed by atoms with Crippen LogP contribution in [0.1, 0.15) is 28.4 Å². The van der Waals surface area contributed by atoms with Crippen molar-refractivity contribution >= 4 is 26.7 Å². The fourth-order valence-electron chi connectivity index (χ4n) is 3.40. The number of aryl methyl sites for hydroxylation is 1. The number of hydrogen-bond donors (Lipinski definition) is 0. The Bertz CT molecular complexity index is 1080. The van der Waals surface area contributed by atoms with Crippen molar-refractivity contribution in [1.29, 1.82) is 0 Å². The van der Waals surface area contributed by atoms with Gasteiger partial charge in [0.1, 0.15) is 0 Å². The number of fused-ring (bicyclic) bond motifs is 3. The monoisotopic (exact) mass is 339 g/mol. The van der Waals surface area contributed by atoms with Crippen molar-refractivity contribution in [3.05, 3.63) is 65.4 Å². The molecule has 2 aromatic carbocycles. The summed E-state index contributed by atoms with van der Waals surface area (Å²) in [6, 6.07) is 12.1. The Labute approximate surface area is 140 Å². The second-order valence-corrected chi connectivity index (χ2v) is 8.24. The highest BCUT2D eigenvalue weighted by molar-refractivity contribution is 7.90. The quantitative estimate of drug-likeness (QED) is 0.717. The van der Waals surface area contributed by atoms with Crippen LogP contribution in [0.2, 0.25) is 0 Å². The molecule has 0 saturated heterocycles. The Morgan fingerprint density at radius 3 is 2.46 bits per heavy atom. The van der Waals surface area contributed by atoms with Crippen LogP contribution in [0, 0.1) is 12.8 Å². The predicted molar refractivity (Wildman–Crippen MR) is 92.9 cm³/mol. The lowest BCUT2D eigenvalue weighted by atomic mass is 10.1. The summed E-state index contributed by atoms with van der Waals surface area (Å²) in [5.74, 6) is 0.101. The van der Waals surface area contributed by atoms with Crippen LogP contribution in [-0.4, -0.2) is 18.2 Å². The highest BCUT2D eigenvalue weighted by atomic mass is 32.2. The zero-order valence-corrected chi connectivity index (χ0v) is 14.3. The summed E-state index contributed by atoms with van der Waals surface area (Å²) in [7, 11) is -3.65. The van der Waals surface area contributed by atoms with E-state index in [-0.39, 0.29) is 16.6 Å². The third kappa shape index (κ3) is 2.04. The van der Waals surface area contributed by atoms with Crippen molar-refractivity contribution in [3.63, 3.8) is 0 Å². The number of carbonyl (C=O) groups excluding carboxylic acids is 1. The molecule has 1 aromatic heterocycles. The summed E-state index contributed by atoms with van der Waals surface area (Å²) >= 11 is 0. The standard InChI is InChI=1S/C19H17NO3S/c1-12-3-5-14(6-4-12)24(22,23)20-10-9-15-17-11-13(2)19(21)16(17)7-8-18(15)20/h3-10,13H,11H2,1-2H3. The maximum absolute atomic E-state index is 12.9. The summed E-state index contributed by atoms with van der Waals surface area (Å²) in [6.07, 6.45) is 2.24. The summed E-state index contributed by atoms with van der Waals surface area (Å²) in [4.78, 5) is 12.4. The molecule has 1 unspecified atom stereocenters. The number of hydrogen-bond acceptors (Lipinski definition) is 3. The molecule has 0 aliphatic heterocycles. The van der Waals surface area contributed by atoms with Gasteiger partial charge in [0, 0.05) is 23.1 Å². The molecule has 0 bridgehead atoms. The second kappa shape index (κ2) is 5.05. The fourth-order valence-corrected chi connectivity index (χ4v) is 4.75. The molecule has 0 N–H and O–H groups in total. The summed E-state index contributed by atoms with van der Waals surface area (Å²) < 4.78 is 27.2. The van der Waals surface area contributed by atoms with Crippen molar-refractivity contribution in [2.75, 3.05) is 0 Å². The fraction of sp³-hybridized carbons (Fsp3) is 0.211. The smallest absolute Gasteiger partial charge is 0.268 e. The van der Waals surface area contributed by atoms with E-state index in [1.165, 1.54) is 3.97 Å². The van der Waals surface area contributed by atoms with E-state index in [1.54, 1.807) is 48.7 Å². The van der Waals surface area contributed by atoms with Crippen LogP contribution in [0.5, 0.6) is 0 Å². The zero-order chi connectivity index (χ0) is 17.1. The van der Waals surface area contributed by atoms with Crippen LogP contribution in [0.15, 0.2) is 53.6 Å². The van der Waals surface area contributed by atoms with E-state index in [2.05, 4.69) is 0 Å². The van der Waals surface area contributed by atoms with Gasteiger partial charge < -0.3 is 0 Å². The van der Waals surface area contributed by atoms with Gasteiger partial charge in [0.15, 0.2) is 5.78 Å². The lowest BCUT2D eigenvalue weighted by Crippen LogP contribution is -2.11. The minimum atomic E-state index is -3.65. The molecule has 0 radical (unpaired) electrons. The molecule has 0 fully saturated rings. The van der Waals surface area contributed by atoms with Gasteiger partial charge in [-0.25, -0.2) is 12.4 Å². The third-order valence-electron chi connectivity index (χ3n) is 4.75. The average molecular weight is 339 g/mol. The third-order valence-corrected chi connectivity index (χ3v) is 6.45. The number of carbonyl (C=O) groups is 1. The van der Waals surface area contributed by atoms with Crippen LogP contribution >= 0.6 is 0 Å². The first-order valence-corrected chi connectivity index (χ1v) is 9.33. The highest BCUT2D eigenvalue weighted by Gasteiger charge is 2.30. The van der Waals surface area contributed by atoms with Gasteiger partial charge in [-0.3, -0.25) is 4.79 Å². The lowest BCUT2D eigenvalue weighted by molar-refractivity contribution is 0.0946. The number of ketones is 1. The Morgan fingerprint density at radius 2 is 1.75 bits per heavy atom. The van der Waals surface area contributed by atoms with Crippen LogP contribution in [0.3, 0.4) is 0 Å². The SMILES string of the molecule is Cc1ccc(S(=O)(=O)n2ccc3c4c(ccc32)C(=O)C(C)C4)cc1. The molecule has 1 atom stereocenters. The minimum Gasteiger partial charge on any atom is -0.294 e. The van der Waals surface area contributed by atoms with Gasteiger partial charge in [0.05, 0.1) is 10.4 Å². The van der Waals surface area contributed by atoms with Gasteiger partial charge in [0.25, 0.3) is 10.0 Å². The molecule has 24 heavy (non-hydrogen) atoms. The second-order valence-electron chi connectivity index (χ2n) is 6.42. The number of benzene rings is 2. The van der Waals surface area contributed by atoms with E-state index in [9.17, 15) is 13.2 Å². The van der Waals surface area contributed by atoms with E-state index >= 15 is 0 Å². The van der Waals surface area contributed by atoms with Crippen LogP contribution in [0.4, 0.5) is 0 Å². The molecule has 4 rings (SSSR count). The first-order chi connectivity index (χ1) is 11.4. The summed E-state index contributed by atoms with van der Waals surface area (Å²) in [5.41, 5.74) is 3.32. The van der Waals surface area contributed by atoms with Crippen molar-refractivity contribution in [2.45, 2.75) is 25.2 Å². The minimum absolute atomic E-state index is 0.0392. The van der Waals surface area contributed by atoms with Crippen molar-refractivity contribution in [1.82, 2.24) is 3.97 Å². The molecule has 1 aliphatic carbocycles. The number of rotatable bonds is 2. The maximum atomic E-state index is 12.9. The molecule has 3 aromatic rings. The Hall–Kier alpha value is -2.40. The molecule has 0 saturated carbocycles. The first kappa shape index (κ1) is 15.1. The molecule has 5 heteroatoms. The predicted octanol–water partition coefficient (Wildman–Crippen LogP) is 3.56. The van der Waals surface area contributed by atoms with E-state index in [1.807, 2.05) is 13.8 Å². The molecule has 0 spiro atoms. The normalized spacial score (nSPS) is 17.4. The Balaban J connectivity index is 1.92. The molecular formula is C19H17NO3S. The maximum Gasteiger partial charge on any atom is 0.268 e. The zero-order valence-electron chi connectivity index (χ0n) is 13.5. The number of nitrogens with zero attached hydrogens (tertiary/aromatic N) is 1. The van der Waals surface area contributed by atoms with Gasteiger partial charge in [-0.15, -0.1) is 0 Å². The van der Waals surface area contributed by atoms with Gasteiger partial charge in [-0.05, 0) is 49.2 Å². The van der Waals surface area contributed by atoms with Crippen LogP contribution in [-0.2, 0) is 16.4 Å². The highest BCUT2D eigenvalue weighted by Crippen LogP contribution is 2.34. The molecule has 1 heterocycles. The number of aromatic nitrogens is 1. The van der Waals surface area contributed by atoms with Gasteiger partial charge in [-0.2, -0.15) is 0 Å². The molecule has 122 valence electrons. The summed E-state index contributed by atoms with van der Waals surface area (Å²) in [5, 5.41) is 0.848. The van der Waals surface area contributed by atoms with Gasteiger partial charge >= 0.3 is 0 Å². The van der Waals surface area contributed by atoms with Crippen LogP contribution < -0.4 is 0 Å². The van der Waals surface area contributed by atoms with Crippen molar-refractivity contribution in [2.24, 2.45) is 5.92 Å². The Morgan fingerprint density at radius 1 is 1.04 bits per heavy atom. The summed E-state index contributed by atoms with van der Waals surface area (Å²) in [6.45, 7) is 3.83. The van der Waals surface area contributed by atoms with Crippen LogP contribution in [0.25, 0.3) is 10.9 Å². The van der Waals surface area contributed by atoms with Gasteiger partial charge in [0.2, 0.25) is 0 Å². The number of Topliss-reactive ketones (excluding diaryl/α,β-unsaturated/α-hetero) is 1. The van der Waals surface area contributed by atoms with Crippen molar-refractivity contribution < 1.29 is 13.2 Å². The molecule has 1 aliphatic rings. The Kier molecular flexibility index (Phi) is 3.18. The largest absolute Gasteiger partial charge is 0.294 e. The van der Waals surface area contributed by atoms with Crippen molar-refractivity contribution in [3.8, 4) is 0 Å². The van der Waals surface area contributed by atoms with Gasteiger partial charge in [-0.1, -0.05) is 24.6 Å². The first-order valence-electron chi connectivity index (χ1n) is 7.89. The molecular weight excluding hydrogens is 322 g/mol. The van der Waals surface area contributed by atoms with E-state index < -0.39 is 10.0 Å². The molecule has 0 amide bonds. The topological polar surface area (TPSA) is 56.1 Å².